The Bertz CT molecular complexity index is 1890. The van der Waals surface area contributed by atoms with Crippen LogP contribution in [0.4, 0.5) is 0 Å². The summed E-state index contributed by atoms with van der Waals surface area (Å²) < 4.78 is 2.33. The number of rotatable bonds is 1. The summed E-state index contributed by atoms with van der Waals surface area (Å²) in [6.07, 6.45) is 0. The molecule has 1 aliphatic rings. The van der Waals surface area contributed by atoms with Crippen molar-refractivity contribution in [3.63, 3.8) is 0 Å². The monoisotopic (exact) mass is 447 g/mol. The van der Waals surface area contributed by atoms with E-state index in [1.54, 1.807) is 0 Å². The van der Waals surface area contributed by atoms with Crippen LogP contribution in [0.1, 0.15) is 22.5 Å². The Kier molecular flexibility index (Phi) is 3.76. The lowest BCUT2D eigenvalue weighted by molar-refractivity contribution is 1.15. The fourth-order valence-corrected chi connectivity index (χ4v) is 5.46. The molecule has 0 N–H and O–H groups in total. The number of nitrogens with zero attached hydrogens (tertiary/aromatic N) is 5. The molecule has 4 aromatic carbocycles. The van der Waals surface area contributed by atoms with Crippen LogP contribution in [0.2, 0.25) is 0 Å². The van der Waals surface area contributed by atoms with E-state index in [-0.39, 0.29) is 11.4 Å². The van der Waals surface area contributed by atoms with E-state index in [9.17, 15) is 10.5 Å². The van der Waals surface area contributed by atoms with Crippen LogP contribution in [0.5, 0.6) is 0 Å². The smallest absolute Gasteiger partial charge is 0.177 e. The SMILES string of the molecule is Cc1ccc2c(c1)c1cc(C)ccc1n2-c1ccc2c3c(cccc13)-c1nc(C#N)c(C#N)nc1-2. The Morgan fingerprint density at radius 1 is 0.657 bits per heavy atom. The molecular formula is C30H17N5. The quantitative estimate of drug-likeness (QED) is 0.279. The number of nitriles is 2. The Labute approximate surface area is 201 Å². The van der Waals surface area contributed by atoms with E-state index in [4.69, 9.17) is 0 Å². The number of hydrogen-bond acceptors (Lipinski definition) is 4. The summed E-state index contributed by atoms with van der Waals surface area (Å²) in [5.74, 6) is 0. The van der Waals surface area contributed by atoms with E-state index in [0.29, 0.717) is 11.4 Å². The normalized spacial score (nSPS) is 11.7. The Morgan fingerprint density at radius 2 is 1.23 bits per heavy atom. The molecule has 0 unspecified atom stereocenters. The second-order valence-corrected chi connectivity index (χ2v) is 9.08. The molecule has 0 fully saturated rings. The van der Waals surface area contributed by atoms with Crippen LogP contribution in [0.3, 0.4) is 0 Å². The third kappa shape index (κ3) is 2.50. The summed E-state index contributed by atoms with van der Waals surface area (Å²) in [6, 6.07) is 27.6. The first-order chi connectivity index (χ1) is 17.1. The molecule has 5 heteroatoms. The van der Waals surface area contributed by atoms with Gasteiger partial charge < -0.3 is 4.57 Å². The highest BCUT2D eigenvalue weighted by atomic mass is 15.0. The third-order valence-corrected chi connectivity index (χ3v) is 6.95. The lowest BCUT2D eigenvalue weighted by Gasteiger charge is -2.13. The van der Waals surface area contributed by atoms with E-state index >= 15 is 0 Å². The van der Waals surface area contributed by atoms with Crippen molar-refractivity contribution >= 4 is 32.6 Å². The van der Waals surface area contributed by atoms with Gasteiger partial charge in [0.05, 0.1) is 28.1 Å². The van der Waals surface area contributed by atoms with Gasteiger partial charge in [0, 0.05) is 32.7 Å². The fraction of sp³-hybridized carbons (Fsp3) is 0.0667. The zero-order valence-electron chi connectivity index (χ0n) is 19.1. The molecule has 2 aromatic heterocycles. The van der Waals surface area contributed by atoms with Crippen LogP contribution in [0.15, 0.2) is 66.7 Å². The van der Waals surface area contributed by atoms with Gasteiger partial charge in [-0.25, -0.2) is 9.97 Å². The predicted octanol–water partition coefficient (Wildman–Crippen LogP) is 6.73. The molecule has 0 atom stereocenters. The van der Waals surface area contributed by atoms with Crippen LogP contribution in [-0.4, -0.2) is 14.5 Å². The van der Waals surface area contributed by atoms with Crippen LogP contribution in [0.25, 0.3) is 60.8 Å². The first-order valence-corrected chi connectivity index (χ1v) is 11.4. The zero-order valence-corrected chi connectivity index (χ0v) is 19.1. The van der Waals surface area contributed by atoms with E-state index in [1.165, 1.54) is 21.9 Å². The van der Waals surface area contributed by atoms with Crippen LogP contribution in [-0.2, 0) is 0 Å². The van der Waals surface area contributed by atoms with Crippen molar-refractivity contribution in [3.8, 4) is 40.3 Å². The number of aromatic nitrogens is 3. The molecule has 162 valence electrons. The largest absolute Gasteiger partial charge is 0.309 e. The fourth-order valence-electron chi connectivity index (χ4n) is 5.46. The summed E-state index contributed by atoms with van der Waals surface area (Å²) >= 11 is 0. The summed E-state index contributed by atoms with van der Waals surface area (Å²) in [6.45, 7) is 4.25. The first-order valence-electron chi connectivity index (χ1n) is 11.4. The van der Waals surface area contributed by atoms with Gasteiger partial charge in [-0.3, -0.25) is 0 Å². The first kappa shape index (κ1) is 19.5. The van der Waals surface area contributed by atoms with Crippen molar-refractivity contribution in [2.45, 2.75) is 13.8 Å². The molecular weight excluding hydrogens is 430 g/mol. The van der Waals surface area contributed by atoms with Crippen molar-refractivity contribution in [1.82, 2.24) is 14.5 Å². The number of benzene rings is 4. The van der Waals surface area contributed by atoms with Gasteiger partial charge in [-0.2, -0.15) is 10.5 Å². The van der Waals surface area contributed by atoms with Crippen LogP contribution in [0, 0.1) is 36.5 Å². The lowest BCUT2D eigenvalue weighted by Crippen LogP contribution is -1.97. The summed E-state index contributed by atoms with van der Waals surface area (Å²) in [5.41, 5.74) is 9.16. The number of fused-ring (bicyclic) bond motifs is 6. The molecule has 0 saturated heterocycles. The summed E-state index contributed by atoms with van der Waals surface area (Å²) in [5, 5.41) is 23.6. The highest BCUT2D eigenvalue weighted by Gasteiger charge is 2.28. The average Bonchev–Trinajstić information content (AvgIpc) is 3.36. The molecule has 0 aliphatic heterocycles. The Balaban J connectivity index is 1.61. The minimum absolute atomic E-state index is 0.0596. The molecule has 35 heavy (non-hydrogen) atoms. The van der Waals surface area contributed by atoms with Gasteiger partial charge >= 0.3 is 0 Å². The molecule has 0 amide bonds. The van der Waals surface area contributed by atoms with Crippen LogP contribution >= 0.6 is 0 Å². The number of hydrogen-bond donors (Lipinski definition) is 0. The van der Waals surface area contributed by atoms with Gasteiger partial charge in [-0.05, 0) is 50.2 Å². The molecule has 0 bridgehead atoms. The van der Waals surface area contributed by atoms with Gasteiger partial charge in [-0.15, -0.1) is 0 Å². The van der Waals surface area contributed by atoms with E-state index in [0.717, 1.165) is 38.6 Å². The second-order valence-electron chi connectivity index (χ2n) is 9.08. The predicted molar refractivity (Wildman–Crippen MR) is 137 cm³/mol. The van der Waals surface area contributed by atoms with Crippen molar-refractivity contribution < 1.29 is 0 Å². The Morgan fingerprint density at radius 3 is 1.80 bits per heavy atom. The summed E-state index contributed by atoms with van der Waals surface area (Å²) in [7, 11) is 0. The number of aryl methyl sites for hydroxylation is 2. The molecule has 2 heterocycles. The molecule has 5 nitrogen and oxygen atoms in total. The topological polar surface area (TPSA) is 78.3 Å². The molecule has 7 rings (SSSR count). The molecule has 0 radical (unpaired) electrons. The molecule has 0 spiro atoms. The molecule has 1 aliphatic carbocycles. The second kappa shape index (κ2) is 6.76. The Hall–Kier alpha value is -5.00. The van der Waals surface area contributed by atoms with Gasteiger partial charge in [0.2, 0.25) is 0 Å². The van der Waals surface area contributed by atoms with Gasteiger partial charge in [-0.1, -0.05) is 41.5 Å². The van der Waals surface area contributed by atoms with E-state index in [2.05, 4.69) is 83.0 Å². The van der Waals surface area contributed by atoms with Crippen molar-refractivity contribution in [3.05, 3.63) is 89.2 Å². The highest BCUT2D eigenvalue weighted by molar-refractivity contribution is 6.17. The van der Waals surface area contributed by atoms with Crippen molar-refractivity contribution in [2.24, 2.45) is 0 Å². The van der Waals surface area contributed by atoms with Crippen molar-refractivity contribution in [1.29, 1.82) is 10.5 Å². The highest BCUT2D eigenvalue weighted by Crippen LogP contribution is 2.47. The maximum atomic E-state index is 9.49. The maximum Gasteiger partial charge on any atom is 0.177 e. The molecule has 6 aromatic rings. The maximum absolute atomic E-state index is 9.49. The molecule has 0 saturated carbocycles. The standard InChI is InChI=1S/C30H17N5/c1-16-6-9-26-21(12-16)22-13-17(2)7-10-27(22)35(26)25-11-8-20-28-18(25)4-3-5-19(28)29-30(20)34-24(15-32)23(14-31)33-29/h3-13H,1-2H3. The van der Waals surface area contributed by atoms with E-state index in [1.807, 2.05) is 24.3 Å². The van der Waals surface area contributed by atoms with Gasteiger partial charge in [0.25, 0.3) is 0 Å². The third-order valence-electron chi connectivity index (χ3n) is 6.95. The van der Waals surface area contributed by atoms with Gasteiger partial charge in [0.1, 0.15) is 12.1 Å². The summed E-state index contributed by atoms with van der Waals surface area (Å²) in [4.78, 5) is 9.08. The minimum Gasteiger partial charge on any atom is -0.309 e. The minimum atomic E-state index is 0.0596. The van der Waals surface area contributed by atoms with E-state index < -0.39 is 0 Å². The zero-order chi connectivity index (χ0) is 23.8. The van der Waals surface area contributed by atoms with Crippen LogP contribution < -0.4 is 0 Å². The van der Waals surface area contributed by atoms with Gasteiger partial charge in [0.15, 0.2) is 11.4 Å². The lowest BCUT2D eigenvalue weighted by atomic mass is 10.0. The average molecular weight is 448 g/mol. The van der Waals surface area contributed by atoms with Crippen molar-refractivity contribution in [2.75, 3.05) is 0 Å².